The smallest absolute Gasteiger partial charge is 0.263 e. The lowest BCUT2D eigenvalue weighted by Gasteiger charge is -2.17. The normalized spacial score (nSPS) is 13.4. The van der Waals surface area contributed by atoms with Gasteiger partial charge >= 0.3 is 0 Å². The van der Waals surface area contributed by atoms with Gasteiger partial charge in [0, 0.05) is 0 Å². The fourth-order valence-corrected chi connectivity index (χ4v) is 2.92. The SMILES string of the molecule is Cc1cccc(C)c1OC[C@H](C)NC(=O)c1cnc([C@H](C)O)s1. The first-order valence-corrected chi connectivity index (χ1v) is 8.33. The minimum atomic E-state index is -0.661. The molecule has 6 heteroatoms. The van der Waals surface area contributed by atoms with Crippen molar-refractivity contribution in [3.8, 4) is 5.75 Å². The molecule has 2 N–H and O–H groups in total. The van der Waals surface area contributed by atoms with Crippen LogP contribution < -0.4 is 10.1 Å². The molecule has 0 bridgehead atoms. The van der Waals surface area contributed by atoms with Gasteiger partial charge in [-0.3, -0.25) is 4.79 Å². The van der Waals surface area contributed by atoms with Crippen LogP contribution in [0.3, 0.4) is 0 Å². The van der Waals surface area contributed by atoms with Crippen LogP contribution in [-0.2, 0) is 0 Å². The van der Waals surface area contributed by atoms with Gasteiger partial charge in [-0.25, -0.2) is 4.98 Å². The van der Waals surface area contributed by atoms with Gasteiger partial charge in [-0.15, -0.1) is 11.3 Å². The number of aryl methyl sites for hydroxylation is 2. The predicted octanol–water partition coefficient (Wildman–Crippen LogP) is 3.01. The number of nitrogens with zero attached hydrogens (tertiary/aromatic N) is 1. The quantitative estimate of drug-likeness (QED) is 0.852. The molecule has 0 radical (unpaired) electrons. The molecule has 2 rings (SSSR count). The summed E-state index contributed by atoms with van der Waals surface area (Å²) in [6.45, 7) is 7.91. The summed E-state index contributed by atoms with van der Waals surface area (Å²) >= 11 is 1.20. The van der Waals surface area contributed by atoms with E-state index in [1.165, 1.54) is 17.5 Å². The van der Waals surface area contributed by atoms with E-state index in [9.17, 15) is 9.90 Å². The number of aliphatic hydroxyl groups excluding tert-OH is 1. The van der Waals surface area contributed by atoms with E-state index < -0.39 is 6.10 Å². The lowest BCUT2D eigenvalue weighted by Crippen LogP contribution is -2.36. The summed E-state index contributed by atoms with van der Waals surface area (Å²) in [6, 6.07) is 5.85. The fraction of sp³-hybridized carbons (Fsp3) is 0.412. The van der Waals surface area contributed by atoms with E-state index in [0.29, 0.717) is 16.5 Å². The number of aromatic nitrogens is 1. The Labute approximate surface area is 140 Å². The molecule has 0 aliphatic carbocycles. The summed E-state index contributed by atoms with van der Waals surface area (Å²) in [5, 5.41) is 12.9. The third-order valence-corrected chi connectivity index (χ3v) is 4.54. The molecule has 5 nitrogen and oxygen atoms in total. The number of thiazole rings is 1. The summed E-state index contributed by atoms with van der Waals surface area (Å²) in [5.41, 5.74) is 2.15. The van der Waals surface area contributed by atoms with E-state index in [1.54, 1.807) is 6.92 Å². The third kappa shape index (κ3) is 4.53. The number of benzene rings is 1. The van der Waals surface area contributed by atoms with Crippen LogP contribution in [0.1, 0.15) is 45.8 Å². The molecule has 1 aromatic carbocycles. The van der Waals surface area contributed by atoms with Crippen molar-refractivity contribution in [1.82, 2.24) is 10.3 Å². The minimum Gasteiger partial charge on any atom is -0.491 e. The molecule has 23 heavy (non-hydrogen) atoms. The van der Waals surface area contributed by atoms with Gasteiger partial charge in [-0.1, -0.05) is 18.2 Å². The number of ether oxygens (including phenoxy) is 1. The zero-order valence-corrected chi connectivity index (χ0v) is 14.6. The maximum atomic E-state index is 12.2. The van der Waals surface area contributed by atoms with Crippen molar-refractivity contribution < 1.29 is 14.6 Å². The predicted molar refractivity (Wildman–Crippen MR) is 91.1 cm³/mol. The second-order valence-electron chi connectivity index (χ2n) is 5.65. The Hall–Kier alpha value is -1.92. The fourth-order valence-electron chi connectivity index (χ4n) is 2.16. The average Bonchev–Trinajstić information content (AvgIpc) is 2.96. The van der Waals surface area contributed by atoms with Crippen molar-refractivity contribution in [3.05, 3.63) is 45.4 Å². The number of carbonyl (C=O) groups is 1. The van der Waals surface area contributed by atoms with Crippen molar-refractivity contribution in [2.24, 2.45) is 0 Å². The number of hydrogen-bond acceptors (Lipinski definition) is 5. The molecule has 0 fully saturated rings. The number of amides is 1. The molecule has 0 unspecified atom stereocenters. The van der Waals surface area contributed by atoms with Gasteiger partial charge in [0.05, 0.1) is 12.2 Å². The van der Waals surface area contributed by atoms with Crippen molar-refractivity contribution in [1.29, 1.82) is 0 Å². The third-order valence-electron chi connectivity index (χ3n) is 3.37. The van der Waals surface area contributed by atoms with Gasteiger partial charge in [0.1, 0.15) is 28.3 Å². The Morgan fingerprint density at radius 2 is 2.00 bits per heavy atom. The zero-order chi connectivity index (χ0) is 17.0. The highest BCUT2D eigenvalue weighted by molar-refractivity contribution is 7.13. The molecule has 0 saturated heterocycles. The van der Waals surface area contributed by atoms with Crippen LogP contribution in [0.25, 0.3) is 0 Å². The number of rotatable bonds is 6. The van der Waals surface area contributed by atoms with E-state index >= 15 is 0 Å². The van der Waals surface area contributed by atoms with Crippen LogP contribution in [0, 0.1) is 13.8 Å². The molecule has 1 amide bonds. The molecule has 124 valence electrons. The highest BCUT2D eigenvalue weighted by atomic mass is 32.1. The second-order valence-corrected chi connectivity index (χ2v) is 6.71. The van der Waals surface area contributed by atoms with Crippen LogP contribution in [0.2, 0.25) is 0 Å². The maximum Gasteiger partial charge on any atom is 0.263 e. The van der Waals surface area contributed by atoms with Gasteiger partial charge in [0.2, 0.25) is 0 Å². The molecule has 2 atom stereocenters. The average molecular weight is 334 g/mol. The van der Waals surface area contributed by atoms with E-state index in [4.69, 9.17) is 4.74 Å². The lowest BCUT2D eigenvalue weighted by molar-refractivity contribution is 0.0930. The topological polar surface area (TPSA) is 71.5 Å². The summed E-state index contributed by atoms with van der Waals surface area (Å²) < 4.78 is 5.84. The van der Waals surface area contributed by atoms with E-state index in [0.717, 1.165) is 16.9 Å². The molecule has 1 aromatic heterocycles. The van der Waals surface area contributed by atoms with Crippen LogP contribution >= 0.6 is 11.3 Å². The first-order chi connectivity index (χ1) is 10.9. The van der Waals surface area contributed by atoms with E-state index in [-0.39, 0.29) is 11.9 Å². The van der Waals surface area contributed by atoms with Gasteiger partial charge in [0.15, 0.2) is 0 Å². The van der Waals surface area contributed by atoms with Gasteiger partial charge < -0.3 is 15.2 Å². The highest BCUT2D eigenvalue weighted by Crippen LogP contribution is 2.22. The number of aliphatic hydroxyl groups is 1. The molecule has 0 saturated carbocycles. The van der Waals surface area contributed by atoms with E-state index in [2.05, 4.69) is 10.3 Å². The molecule has 1 heterocycles. The lowest BCUT2D eigenvalue weighted by atomic mass is 10.1. The standard InChI is InChI=1S/C17H22N2O3S/c1-10-6-5-7-11(2)15(10)22-9-12(3)19-16(21)14-8-18-17(23-14)13(4)20/h5-8,12-13,20H,9H2,1-4H3,(H,19,21)/t12-,13-/m0/s1. The van der Waals surface area contributed by atoms with Crippen molar-refractivity contribution >= 4 is 17.2 Å². The highest BCUT2D eigenvalue weighted by Gasteiger charge is 2.16. The van der Waals surface area contributed by atoms with Crippen LogP contribution in [0.5, 0.6) is 5.75 Å². The monoisotopic (exact) mass is 334 g/mol. The minimum absolute atomic E-state index is 0.140. The molecular weight excluding hydrogens is 312 g/mol. The Bertz CT molecular complexity index is 662. The van der Waals surface area contributed by atoms with Crippen molar-refractivity contribution in [3.63, 3.8) is 0 Å². The summed E-state index contributed by atoms with van der Waals surface area (Å²) in [4.78, 5) is 16.7. The molecule has 0 spiro atoms. The van der Waals surface area contributed by atoms with Crippen LogP contribution in [0.4, 0.5) is 0 Å². The van der Waals surface area contributed by atoms with Crippen LogP contribution in [0.15, 0.2) is 24.4 Å². The summed E-state index contributed by atoms with van der Waals surface area (Å²) in [6.07, 6.45) is 0.826. The van der Waals surface area contributed by atoms with E-state index in [1.807, 2.05) is 39.0 Å². The Balaban J connectivity index is 1.91. The second kappa shape index (κ2) is 7.57. The number of nitrogens with one attached hydrogen (secondary N) is 1. The van der Waals surface area contributed by atoms with Gasteiger partial charge in [-0.05, 0) is 38.8 Å². The largest absolute Gasteiger partial charge is 0.491 e. The first kappa shape index (κ1) is 17.4. The number of para-hydroxylation sites is 1. The Morgan fingerprint density at radius 3 is 2.57 bits per heavy atom. The number of carbonyl (C=O) groups excluding carboxylic acids is 1. The van der Waals surface area contributed by atoms with Crippen molar-refractivity contribution in [2.45, 2.75) is 39.8 Å². The first-order valence-electron chi connectivity index (χ1n) is 7.52. The van der Waals surface area contributed by atoms with Gasteiger partial charge in [0.25, 0.3) is 5.91 Å². The molecule has 2 aromatic rings. The Morgan fingerprint density at radius 1 is 1.35 bits per heavy atom. The Kier molecular flexibility index (Phi) is 5.74. The molecule has 0 aliphatic heterocycles. The number of hydrogen-bond donors (Lipinski definition) is 2. The van der Waals surface area contributed by atoms with Gasteiger partial charge in [-0.2, -0.15) is 0 Å². The summed E-state index contributed by atoms with van der Waals surface area (Å²) in [7, 11) is 0. The van der Waals surface area contributed by atoms with Crippen molar-refractivity contribution in [2.75, 3.05) is 6.61 Å². The molecule has 0 aliphatic rings. The zero-order valence-electron chi connectivity index (χ0n) is 13.8. The maximum absolute atomic E-state index is 12.2. The van der Waals surface area contributed by atoms with Crippen LogP contribution in [-0.4, -0.2) is 28.6 Å². The molecular formula is C17H22N2O3S. The summed E-state index contributed by atoms with van der Waals surface area (Å²) in [5.74, 6) is 0.662.